The van der Waals surface area contributed by atoms with Gasteiger partial charge < -0.3 is 9.88 Å². The highest BCUT2D eigenvalue weighted by Crippen LogP contribution is 2.15. The van der Waals surface area contributed by atoms with E-state index in [1.165, 1.54) is 6.07 Å². The Bertz CT molecular complexity index is 1150. The minimum Gasteiger partial charge on any atom is -0.350 e. The highest BCUT2D eigenvalue weighted by Gasteiger charge is 2.08. The minimum absolute atomic E-state index is 0.0551. The predicted molar refractivity (Wildman–Crippen MR) is 99.7 cm³/mol. The van der Waals surface area contributed by atoms with Gasteiger partial charge in [0.15, 0.2) is 5.43 Å². The molecular weight excluding hydrogens is 344 g/mol. The van der Waals surface area contributed by atoms with Gasteiger partial charge in [-0.05, 0) is 29.0 Å². The SMILES string of the molecule is O=C(Cn1ccc(=O)c2ccccc21)NCc1cccc(-c2nn[nH]n2)c1. The Hall–Kier alpha value is -3.81. The molecule has 2 heterocycles. The molecule has 8 heteroatoms. The molecule has 2 aromatic carbocycles. The van der Waals surface area contributed by atoms with Crippen LogP contribution in [-0.4, -0.2) is 31.1 Å². The molecule has 0 spiro atoms. The largest absolute Gasteiger partial charge is 0.350 e. The van der Waals surface area contributed by atoms with Crippen molar-refractivity contribution in [3.05, 3.63) is 76.6 Å². The summed E-state index contributed by atoms with van der Waals surface area (Å²) >= 11 is 0. The number of amides is 1. The zero-order valence-electron chi connectivity index (χ0n) is 14.3. The molecule has 0 fully saturated rings. The number of aromatic nitrogens is 5. The monoisotopic (exact) mass is 360 g/mol. The van der Waals surface area contributed by atoms with Crippen molar-refractivity contribution >= 4 is 16.8 Å². The van der Waals surface area contributed by atoms with Gasteiger partial charge in [-0.3, -0.25) is 9.59 Å². The molecule has 0 radical (unpaired) electrons. The first-order chi connectivity index (χ1) is 13.2. The topological polar surface area (TPSA) is 106 Å². The second-order valence-corrected chi connectivity index (χ2v) is 6.04. The van der Waals surface area contributed by atoms with E-state index >= 15 is 0 Å². The highest BCUT2D eigenvalue weighted by atomic mass is 16.2. The molecule has 0 saturated carbocycles. The maximum absolute atomic E-state index is 12.4. The number of aromatic amines is 1. The third-order valence-corrected chi connectivity index (χ3v) is 4.22. The molecule has 0 atom stereocenters. The van der Waals surface area contributed by atoms with Crippen LogP contribution in [0.2, 0.25) is 0 Å². The van der Waals surface area contributed by atoms with Crippen LogP contribution in [-0.2, 0) is 17.9 Å². The standard InChI is InChI=1S/C19H16N6O2/c26-17-8-9-25(16-7-2-1-6-15(16)17)12-18(27)20-11-13-4-3-5-14(10-13)19-21-23-24-22-19/h1-10H,11-12H2,(H,20,27)(H,21,22,23,24). The Balaban J connectivity index is 1.46. The number of rotatable bonds is 5. The maximum Gasteiger partial charge on any atom is 0.240 e. The van der Waals surface area contributed by atoms with Crippen LogP contribution >= 0.6 is 0 Å². The third-order valence-electron chi connectivity index (χ3n) is 4.22. The fourth-order valence-electron chi connectivity index (χ4n) is 2.91. The molecular formula is C19H16N6O2. The van der Waals surface area contributed by atoms with Gasteiger partial charge in [-0.15, -0.1) is 10.2 Å². The number of nitrogens with zero attached hydrogens (tertiary/aromatic N) is 4. The summed E-state index contributed by atoms with van der Waals surface area (Å²) in [4.78, 5) is 24.3. The summed E-state index contributed by atoms with van der Waals surface area (Å²) in [5.74, 6) is 0.358. The molecule has 4 rings (SSSR count). The van der Waals surface area contributed by atoms with Crippen molar-refractivity contribution in [2.45, 2.75) is 13.1 Å². The lowest BCUT2D eigenvalue weighted by Crippen LogP contribution is -2.27. The number of carbonyl (C=O) groups excluding carboxylic acids is 1. The molecule has 0 aliphatic heterocycles. The van der Waals surface area contributed by atoms with E-state index in [1.54, 1.807) is 16.8 Å². The summed E-state index contributed by atoms with van der Waals surface area (Å²) in [6.45, 7) is 0.508. The van der Waals surface area contributed by atoms with E-state index in [-0.39, 0.29) is 17.9 Å². The Labute approximate surface area is 153 Å². The van der Waals surface area contributed by atoms with E-state index < -0.39 is 0 Å². The van der Waals surface area contributed by atoms with Gasteiger partial charge in [0.25, 0.3) is 0 Å². The molecule has 8 nitrogen and oxygen atoms in total. The lowest BCUT2D eigenvalue weighted by molar-refractivity contribution is -0.121. The summed E-state index contributed by atoms with van der Waals surface area (Å²) < 4.78 is 1.77. The van der Waals surface area contributed by atoms with Crippen molar-refractivity contribution in [1.82, 2.24) is 30.5 Å². The van der Waals surface area contributed by atoms with Crippen LogP contribution in [0.5, 0.6) is 0 Å². The first-order valence-electron chi connectivity index (χ1n) is 8.38. The van der Waals surface area contributed by atoms with Crippen LogP contribution in [0, 0.1) is 0 Å². The average molecular weight is 360 g/mol. The predicted octanol–water partition coefficient (Wildman–Crippen LogP) is 1.50. The van der Waals surface area contributed by atoms with Crippen molar-refractivity contribution < 1.29 is 4.79 Å². The molecule has 2 aromatic heterocycles. The first-order valence-corrected chi connectivity index (χ1v) is 8.38. The Morgan fingerprint density at radius 3 is 2.85 bits per heavy atom. The normalized spacial score (nSPS) is 10.8. The second kappa shape index (κ2) is 7.20. The molecule has 0 unspecified atom stereocenters. The lowest BCUT2D eigenvalue weighted by atomic mass is 10.1. The van der Waals surface area contributed by atoms with Crippen molar-refractivity contribution in [3.63, 3.8) is 0 Å². The Kier molecular flexibility index (Phi) is 4.44. The van der Waals surface area contributed by atoms with Crippen LogP contribution < -0.4 is 10.7 Å². The smallest absolute Gasteiger partial charge is 0.240 e. The van der Waals surface area contributed by atoms with Crippen LogP contribution in [0.15, 0.2) is 65.6 Å². The number of hydrogen-bond acceptors (Lipinski definition) is 5. The number of pyridine rings is 1. The molecule has 1 amide bonds. The summed E-state index contributed by atoms with van der Waals surface area (Å²) in [6.07, 6.45) is 1.64. The number of tetrazole rings is 1. The van der Waals surface area contributed by atoms with Gasteiger partial charge in [0.1, 0.15) is 6.54 Å². The highest BCUT2D eigenvalue weighted by molar-refractivity contribution is 5.82. The zero-order chi connectivity index (χ0) is 18.6. The number of fused-ring (bicyclic) bond motifs is 1. The maximum atomic E-state index is 12.4. The van der Waals surface area contributed by atoms with Gasteiger partial charge in [0, 0.05) is 29.8 Å². The Morgan fingerprint density at radius 2 is 2.00 bits per heavy atom. The molecule has 0 aliphatic rings. The summed E-state index contributed by atoms with van der Waals surface area (Å²) in [5.41, 5.74) is 2.43. The van der Waals surface area contributed by atoms with E-state index in [1.807, 2.05) is 42.5 Å². The van der Waals surface area contributed by atoms with E-state index in [2.05, 4.69) is 25.9 Å². The number of hydrogen-bond donors (Lipinski definition) is 2. The van der Waals surface area contributed by atoms with Crippen LogP contribution in [0.3, 0.4) is 0 Å². The van der Waals surface area contributed by atoms with Crippen molar-refractivity contribution in [3.8, 4) is 11.4 Å². The molecule has 0 aliphatic carbocycles. The molecule has 4 aromatic rings. The number of para-hydroxylation sites is 1. The quantitative estimate of drug-likeness (QED) is 0.561. The summed E-state index contributed by atoms with van der Waals surface area (Å²) in [6, 6.07) is 16.3. The van der Waals surface area contributed by atoms with Crippen molar-refractivity contribution in [2.24, 2.45) is 0 Å². The number of carbonyl (C=O) groups is 1. The van der Waals surface area contributed by atoms with Crippen LogP contribution in [0.4, 0.5) is 0 Å². The second-order valence-electron chi connectivity index (χ2n) is 6.04. The van der Waals surface area contributed by atoms with Gasteiger partial charge in [-0.2, -0.15) is 5.21 Å². The summed E-state index contributed by atoms with van der Waals surface area (Å²) in [5, 5.41) is 17.4. The lowest BCUT2D eigenvalue weighted by Gasteiger charge is -2.11. The minimum atomic E-state index is -0.145. The van der Waals surface area contributed by atoms with Crippen LogP contribution in [0.1, 0.15) is 5.56 Å². The molecule has 0 saturated heterocycles. The van der Waals surface area contributed by atoms with E-state index in [9.17, 15) is 9.59 Å². The molecule has 134 valence electrons. The zero-order valence-corrected chi connectivity index (χ0v) is 14.3. The van der Waals surface area contributed by atoms with E-state index in [4.69, 9.17) is 0 Å². The number of nitrogens with one attached hydrogen (secondary N) is 2. The fraction of sp³-hybridized carbons (Fsp3) is 0.105. The van der Waals surface area contributed by atoms with E-state index in [0.29, 0.717) is 17.8 Å². The number of benzene rings is 2. The molecule has 27 heavy (non-hydrogen) atoms. The summed E-state index contributed by atoms with van der Waals surface area (Å²) in [7, 11) is 0. The first kappa shape index (κ1) is 16.6. The van der Waals surface area contributed by atoms with Gasteiger partial charge >= 0.3 is 0 Å². The van der Waals surface area contributed by atoms with Gasteiger partial charge in [0.2, 0.25) is 11.7 Å². The average Bonchev–Trinajstić information content (AvgIpc) is 3.24. The molecule has 0 bridgehead atoms. The van der Waals surface area contributed by atoms with Gasteiger partial charge in [0.05, 0.1) is 5.52 Å². The Morgan fingerprint density at radius 1 is 1.11 bits per heavy atom. The third kappa shape index (κ3) is 3.59. The molecule has 2 N–H and O–H groups in total. The van der Waals surface area contributed by atoms with Crippen LogP contribution in [0.25, 0.3) is 22.3 Å². The van der Waals surface area contributed by atoms with Gasteiger partial charge in [-0.25, -0.2) is 0 Å². The fourth-order valence-corrected chi connectivity index (χ4v) is 2.91. The van der Waals surface area contributed by atoms with E-state index in [0.717, 1.165) is 16.6 Å². The van der Waals surface area contributed by atoms with Crippen molar-refractivity contribution in [2.75, 3.05) is 0 Å². The van der Waals surface area contributed by atoms with Gasteiger partial charge in [-0.1, -0.05) is 30.3 Å². The van der Waals surface area contributed by atoms with Crippen molar-refractivity contribution in [1.29, 1.82) is 0 Å². The number of H-pyrrole nitrogens is 1.